The fourth-order valence-electron chi connectivity index (χ4n) is 1.06. The van der Waals surface area contributed by atoms with Gasteiger partial charge >= 0.3 is 6.18 Å². The number of hydrogen-bond donors (Lipinski definition) is 3. The Labute approximate surface area is 78.1 Å². The molecular weight excluding hydrogens is 197 g/mol. The van der Waals surface area contributed by atoms with Gasteiger partial charge in [-0.25, -0.2) is 0 Å². The Morgan fingerprint density at radius 1 is 1.14 bits per heavy atom. The van der Waals surface area contributed by atoms with Crippen LogP contribution in [-0.4, -0.2) is 5.11 Å². The van der Waals surface area contributed by atoms with Crippen LogP contribution in [0.3, 0.4) is 0 Å². The highest BCUT2D eigenvalue weighted by atomic mass is 19.4. The van der Waals surface area contributed by atoms with Crippen molar-refractivity contribution < 1.29 is 18.3 Å². The number of aliphatic hydroxyl groups excluding tert-OH is 1. The van der Waals surface area contributed by atoms with Crippen LogP contribution in [0.1, 0.15) is 11.1 Å². The molecule has 6 heteroatoms. The predicted molar refractivity (Wildman–Crippen MR) is 46.2 cm³/mol. The second kappa shape index (κ2) is 3.38. The van der Waals surface area contributed by atoms with Crippen molar-refractivity contribution in [2.24, 2.45) is 0 Å². The van der Waals surface area contributed by atoms with Gasteiger partial charge in [0.2, 0.25) is 0 Å². The SMILES string of the molecule is Nc1cc(C(F)(F)F)cc(N)c1CO. The number of halogens is 3. The number of aliphatic hydroxyl groups is 1. The molecule has 0 saturated heterocycles. The number of nitrogens with two attached hydrogens (primary N) is 2. The van der Waals surface area contributed by atoms with Gasteiger partial charge in [-0.3, -0.25) is 0 Å². The van der Waals surface area contributed by atoms with Crippen LogP contribution in [0.2, 0.25) is 0 Å². The number of anilines is 2. The molecular formula is C8H9F3N2O. The maximum absolute atomic E-state index is 12.2. The van der Waals surface area contributed by atoms with Crippen molar-refractivity contribution in [1.29, 1.82) is 0 Å². The van der Waals surface area contributed by atoms with Crippen molar-refractivity contribution in [3.8, 4) is 0 Å². The van der Waals surface area contributed by atoms with E-state index < -0.39 is 18.3 Å². The van der Waals surface area contributed by atoms with Gasteiger partial charge < -0.3 is 16.6 Å². The van der Waals surface area contributed by atoms with Crippen LogP contribution >= 0.6 is 0 Å². The normalized spacial score (nSPS) is 11.7. The molecule has 14 heavy (non-hydrogen) atoms. The van der Waals surface area contributed by atoms with E-state index in [4.69, 9.17) is 16.6 Å². The Kier molecular flexibility index (Phi) is 2.57. The zero-order chi connectivity index (χ0) is 10.9. The molecule has 0 spiro atoms. The first kappa shape index (κ1) is 10.6. The lowest BCUT2D eigenvalue weighted by Gasteiger charge is -2.12. The fraction of sp³-hybridized carbons (Fsp3) is 0.250. The molecule has 1 aromatic rings. The molecule has 0 bridgehead atoms. The zero-order valence-corrected chi connectivity index (χ0v) is 7.10. The van der Waals surface area contributed by atoms with E-state index in [9.17, 15) is 13.2 Å². The van der Waals surface area contributed by atoms with Crippen molar-refractivity contribution in [2.45, 2.75) is 12.8 Å². The molecule has 3 nitrogen and oxygen atoms in total. The highest BCUT2D eigenvalue weighted by Gasteiger charge is 2.31. The molecule has 0 aliphatic heterocycles. The average Bonchev–Trinajstić information content (AvgIpc) is 2.01. The van der Waals surface area contributed by atoms with E-state index in [1.807, 2.05) is 0 Å². The standard InChI is InChI=1S/C8H9F3N2O/c9-8(10,11)4-1-6(12)5(3-14)7(13)2-4/h1-2,14H,3,12-13H2. The summed E-state index contributed by atoms with van der Waals surface area (Å²) in [5.41, 5.74) is 9.48. The van der Waals surface area contributed by atoms with E-state index in [-0.39, 0.29) is 16.9 Å². The van der Waals surface area contributed by atoms with E-state index in [1.165, 1.54) is 0 Å². The Balaban J connectivity index is 3.28. The van der Waals surface area contributed by atoms with Crippen LogP contribution in [-0.2, 0) is 12.8 Å². The third-order valence-corrected chi connectivity index (χ3v) is 1.80. The number of nitrogen functional groups attached to an aromatic ring is 2. The molecule has 0 unspecified atom stereocenters. The lowest BCUT2D eigenvalue weighted by Crippen LogP contribution is -2.09. The number of alkyl halides is 3. The first-order valence-electron chi connectivity index (χ1n) is 3.72. The molecule has 0 amide bonds. The van der Waals surface area contributed by atoms with Crippen molar-refractivity contribution in [1.82, 2.24) is 0 Å². The summed E-state index contributed by atoms with van der Waals surface area (Å²) in [6.45, 7) is -0.476. The summed E-state index contributed by atoms with van der Waals surface area (Å²) in [4.78, 5) is 0. The van der Waals surface area contributed by atoms with Crippen molar-refractivity contribution in [3.63, 3.8) is 0 Å². The van der Waals surface area contributed by atoms with Crippen molar-refractivity contribution >= 4 is 11.4 Å². The minimum atomic E-state index is -4.48. The van der Waals surface area contributed by atoms with Crippen LogP contribution in [0, 0.1) is 0 Å². The van der Waals surface area contributed by atoms with Gasteiger partial charge in [0.05, 0.1) is 12.2 Å². The van der Waals surface area contributed by atoms with E-state index in [0.29, 0.717) is 0 Å². The average molecular weight is 206 g/mol. The summed E-state index contributed by atoms with van der Waals surface area (Å²) in [5, 5.41) is 8.75. The van der Waals surface area contributed by atoms with Gasteiger partial charge in [0.15, 0.2) is 0 Å². The van der Waals surface area contributed by atoms with Crippen molar-refractivity contribution in [3.05, 3.63) is 23.3 Å². The quantitative estimate of drug-likeness (QED) is 0.607. The minimum Gasteiger partial charge on any atom is -0.398 e. The first-order chi connectivity index (χ1) is 6.36. The van der Waals surface area contributed by atoms with Gasteiger partial charge in [-0.05, 0) is 12.1 Å². The molecule has 0 atom stereocenters. The second-order valence-corrected chi connectivity index (χ2v) is 2.79. The Hall–Kier alpha value is -1.43. The fourth-order valence-corrected chi connectivity index (χ4v) is 1.06. The molecule has 0 fully saturated rings. The number of hydrogen-bond acceptors (Lipinski definition) is 3. The van der Waals surface area contributed by atoms with Crippen LogP contribution in [0.4, 0.5) is 24.5 Å². The lowest BCUT2D eigenvalue weighted by molar-refractivity contribution is -0.137. The maximum atomic E-state index is 12.2. The summed E-state index contributed by atoms with van der Waals surface area (Å²) in [6.07, 6.45) is -4.48. The third-order valence-electron chi connectivity index (χ3n) is 1.80. The third kappa shape index (κ3) is 1.90. The number of rotatable bonds is 1. The molecule has 78 valence electrons. The van der Waals surface area contributed by atoms with Crippen molar-refractivity contribution in [2.75, 3.05) is 11.5 Å². The molecule has 0 radical (unpaired) electrons. The van der Waals surface area contributed by atoms with E-state index in [1.54, 1.807) is 0 Å². The lowest BCUT2D eigenvalue weighted by atomic mass is 10.1. The van der Waals surface area contributed by atoms with Gasteiger partial charge in [0.25, 0.3) is 0 Å². The molecule has 5 N–H and O–H groups in total. The largest absolute Gasteiger partial charge is 0.416 e. The Morgan fingerprint density at radius 2 is 1.57 bits per heavy atom. The van der Waals surface area contributed by atoms with Gasteiger partial charge in [-0.15, -0.1) is 0 Å². The number of benzene rings is 1. The van der Waals surface area contributed by atoms with E-state index in [0.717, 1.165) is 12.1 Å². The molecule has 0 aliphatic carbocycles. The van der Waals surface area contributed by atoms with Crippen LogP contribution < -0.4 is 11.5 Å². The molecule has 0 heterocycles. The molecule has 0 aliphatic rings. The molecule has 0 aromatic heterocycles. The van der Waals surface area contributed by atoms with Crippen LogP contribution in [0.15, 0.2) is 12.1 Å². The van der Waals surface area contributed by atoms with E-state index >= 15 is 0 Å². The second-order valence-electron chi connectivity index (χ2n) is 2.79. The summed E-state index contributed by atoms with van der Waals surface area (Å²) in [7, 11) is 0. The monoisotopic (exact) mass is 206 g/mol. The highest BCUT2D eigenvalue weighted by Crippen LogP contribution is 2.34. The van der Waals surface area contributed by atoms with Crippen LogP contribution in [0.25, 0.3) is 0 Å². The van der Waals surface area contributed by atoms with E-state index in [2.05, 4.69) is 0 Å². The van der Waals surface area contributed by atoms with Gasteiger partial charge in [-0.2, -0.15) is 13.2 Å². The molecule has 0 saturated carbocycles. The summed E-state index contributed by atoms with van der Waals surface area (Å²) >= 11 is 0. The molecule has 1 aromatic carbocycles. The zero-order valence-electron chi connectivity index (χ0n) is 7.10. The van der Waals surface area contributed by atoms with Crippen LogP contribution in [0.5, 0.6) is 0 Å². The van der Waals surface area contributed by atoms with Gasteiger partial charge in [0, 0.05) is 16.9 Å². The molecule has 1 rings (SSSR count). The summed E-state index contributed by atoms with van der Waals surface area (Å²) in [5.74, 6) is 0. The van der Waals surface area contributed by atoms with Gasteiger partial charge in [-0.1, -0.05) is 0 Å². The minimum absolute atomic E-state index is 0.123. The first-order valence-corrected chi connectivity index (χ1v) is 3.72. The highest BCUT2D eigenvalue weighted by molar-refractivity contribution is 5.63. The summed E-state index contributed by atoms with van der Waals surface area (Å²) < 4.78 is 36.6. The Morgan fingerprint density at radius 3 is 1.86 bits per heavy atom. The Bertz CT molecular complexity index is 326. The topological polar surface area (TPSA) is 72.3 Å². The predicted octanol–water partition coefficient (Wildman–Crippen LogP) is 1.36. The summed E-state index contributed by atoms with van der Waals surface area (Å²) in [6, 6.07) is 1.50. The van der Waals surface area contributed by atoms with Gasteiger partial charge in [0.1, 0.15) is 0 Å². The smallest absolute Gasteiger partial charge is 0.398 e. The maximum Gasteiger partial charge on any atom is 0.416 e.